The summed E-state index contributed by atoms with van der Waals surface area (Å²) in [6.07, 6.45) is 0. The molecule has 0 heterocycles. The predicted molar refractivity (Wildman–Crippen MR) is 96.1 cm³/mol. The Labute approximate surface area is 159 Å². The smallest absolute Gasteiger partial charge is 0.326 e. The van der Waals surface area contributed by atoms with Crippen LogP contribution in [0.4, 0.5) is 11.4 Å². The maximum atomic E-state index is 13.0. The number of non-ortho nitro benzene ring substituents is 1. The van der Waals surface area contributed by atoms with E-state index in [2.05, 4.69) is 4.74 Å². The molecule has 2 aromatic carbocycles. The van der Waals surface area contributed by atoms with E-state index in [0.29, 0.717) is 9.33 Å². The number of ether oxygens (including phenoxy) is 1. The molecule has 0 fully saturated rings. The van der Waals surface area contributed by atoms with Gasteiger partial charge in [-0.25, -0.2) is 8.42 Å². The lowest BCUT2D eigenvalue weighted by Gasteiger charge is -2.24. The first-order chi connectivity index (χ1) is 12.2. The second-order valence-electron chi connectivity index (χ2n) is 4.93. The number of benzene rings is 2. The number of carbonyl (C=O) groups excluding carboxylic acids is 1. The zero-order chi connectivity index (χ0) is 19.5. The molecule has 0 N–H and O–H groups in total. The molecule has 0 saturated heterocycles. The van der Waals surface area contributed by atoms with Gasteiger partial charge < -0.3 is 4.74 Å². The minimum atomic E-state index is -4.27. The zero-order valence-corrected chi connectivity index (χ0v) is 15.6. The summed E-state index contributed by atoms with van der Waals surface area (Å²) in [6, 6.07) is 8.48. The highest BCUT2D eigenvalue weighted by Gasteiger charge is 2.30. The van der Waals surface area contributed by atoms with Gasteiger partial charge in [0.25, 0.3) is 15.7 Å². The molecule has 138 valence electrons. The van der Waals surface area contributed by atoms with Crippen molar-refractivity contribution in [3.05, 3.63) is 62.6 Å². The summed E-state index contributed by atoms with van der Waals surface area (Å²) in [7, 11) is -3.19. The van der Waals surface area contributed by atoms with Crippen LogP contribution in [-0.2, 0) is 19.6 Å². The number of nitro groups is 1. The Hall–Kier alpha value is -2.36. The SMILES string of the molecule is COC(=O)CN(c1cc([N+](=O)[O-])ccc1Cl)S(=O)(=O)c1ccc(Cl)cc1. The van der Waals surface area contributed by atoms with Crippen LogP contribution in [0.25, 0.3) is 0 Å². The third-order valence-electron chi connectivity index (χ3n) is 3.31. The van der Waals surface area contributed by atoms with Crippen LogP contribution in [0, 0.1) is 10.1 Å². The molecule has 2 aromatic rings. The van der Waals surface area contributed by atoms with Gasteiger partial charge in [0.1, 0.15) is 6.54 Å². The van der Waals surface area contributed by atoms with Crippen LogP contribution < -0.4 is 4.31 Å². The molecule has 0 aromatic heterocycles. The summed E-state index contributed by atoms with van der Waals surface area (Å²) >= 11 is 11.8. The van der Waals surface area contributed by atoms with Crippen molar-refractivity contribution >= 4 is 50.6 Å². The number of sulfonamides is 1. The van der Waals surface area contributed by atoms with Crippen molar-refractivity contribution in [3.8, 4) is 0 Å². The predicted octanol–water partition coefficient (Wildman–Crippen LogP) is 3.27. The van der Waals surface area contributed by atoms with Crippen molar-refractivity contribution in [2.24, 2.45) is 0 Å². The average molecular weight is 419 g/mol. The molecule has 0 atom stereocenters. The first kappa shape index (κ1) is 20.0. The fourth-order valence-corrected chi connectivity index (χ4v) is 3.84. The molecule has 0 radical (unpaired) electrons. The van der Waals surface area contributed by atoms with E-state index in [0.717, 1.165) is 19.2 Å². The number of carbonyl (C=O) groups is 1. The van der Waals surface area contributed by atoms with Crippen molar-refractivity contribution in [2.75, 3.05) is 18.0 Å². The summed E-state index contributed by atoms with van der Waals surface area (Å²) in [6.45, 7) is -0.720. The van der Waals surface area contributed by atoms with E-state index in [1.165, 1.54) is 30.3 Å². The normalized spacial score (nSPS) is 11.0. The Kier molecular flexibility index (Phi) is 6.06. The topological polar surface area (TPSA) is 107 Å². The number of halogens is 2. The van der Waals surface area contributed by atoms with Gasteiger partial charge in [0.2, 0.25) is 0 Å². The number of hydrogen-bond acceptors (Lipinski definition) is 6. The molecule has 0 aliphatic carbocycles. The van der Waals surface area contributed by atoms with E-state index in [-0.39, 0.29) is 21.3 Å². The Balaban J connectivity index is 2.64. The third-order valence-corrected chi connectivity index (χ3v) is 5.66. The second kappa shape index (κ2) is 7.90. The quantitative estimate of drug-likeness (QED) is 0.404. The maximum Gasteiger partial charge on any atom is 0.326 e. The van der Waals surface area contributed by atoms with E-state index >= 15 is 0 Å². The van der Waals surface area contributed by atoms with Crippen LogP contribution in [0.5, 0.6) is 0 Å². The number of nitrogens with zero attached hydrogens (tertiary/aromatic N) is 2. The van der Waals surface area contributed by atoms with Gasteiger partial charge in [-0.15, -0.1) is 0 Å². The average Bonchev–Trinajstić information content (AvgIpc) is 2.60. The van der Waals surface area contributed by atoms with Crippen molar-refractivity contribution in [1.29, 1.82) is 0 Å². The Morgan fingerprint density at radius 1 is 1.19 bits per heavy atom. The summed E-state index contributed by atoms with van der Waals surface area (Å²) in [4.78, 5) is 21.9. The largest absolute Gasteiger partial charge is 0.468 e. The molecule has 26 heavy (non-hydrogen) atoms. The molecule has 0 bridgehead atoms. The van der Waals surface area contributed by atoms with Crippen LogP contribution in [0.15, 0.2) is 47.4 Å². The molecule has 0 unspecified atom stereocenters. The van der Waals surface area contributed by atoms with Crippen LogP contribution in [0.3, 0.4) is 0 Å². The van der Waals surface area contributed by atoms with Crippen molar-refractivity contribution in [1.82, 2.24) is 0 Å². The van der Waals surface area contributed by atoms with Gasteiger partial charge in [-0.05, 0) is 30.3 Å². The minimum Gasteiger partial charge on any atom is -0.468 e. The standard InChI is InChI=1S/C15H12Cl2N2O6S/c1-25-15(20)9-18(14-8-11(19(21)22)4-7-13(14)17)26(23,24)12-5-2-10(16)3-6-12/h2-8H,9H2,1H3. The number of esters is 1. The van der Waals surface area contributed by atoms with Crippen LogP contribution >= 0.6 is 23.2 Å². The number of nitro benzene ring substituents is 1. The molecule has 8 nitrogen and oxygen atoms in total. The van der Waals surface area contributed by atoms with Crippen LogP contribution in [-0.4, -0.2) is 33.0 Å². The molecular formula is C15H12Cl2N2O6S. The molecule has 0 aliphatic heterocycles. The lowest BCUT2D eigenvalue weighted by molar-refractivity contribution is -0.384. The lowest BCUT2D eigenvalue weighted by atomic mass is 10.3. The van der Waals surface area contributed by atoms with E-state index in [1.807, 2.05) is 0 Å². The number of rotatable bonds is 6. The molecular weight excluding hydrogens is 407 g/mol. The Morgan fingerprint density at radius 3 is 2.35 bits per heavy atom. The highest BCUT2D eigenvalue weighted by molar-refractivity contribution is 7.92. The van der Waals surface area contributed by atoms with Crippen molar-refractivity contribution in [2.45, 2.75) is 4.90 Å². The minimum absolute atomic E-state index is 0.0861. The van der Waals surface area contributed by atoms with Crippen LogP contribution in [0.2, 0.25) is 10.0 Å². The van der Waals surface area contributed by atoms with Gasteiger partial charge in [0.15, 0.2) is 0 Å². The Bertz CT molecular complexity index is 947. The van der Waals surface area contributed by atoms with Crippen LogP contribution in [0.1, 0.15) is 0 Å². The fourth-order valence-electron chi connectivity index (χ4n) is 2.02. The molecule has 0 saturated carbocycles. The molecule has 0 aliphatic rings. The van der Waals surface area contributed by atoms with Crippen molar-refractivity contribution < 1.29 is 22.9 Å². The van der Waals surface area contributed by atoms with E-state index < -0.39 is 27.5 Å². The Morgan fingerprint density at radius 2 is 1.81 bits per heavy atom. The third kappa shape index (κ3) is 4.24. The molecule has 0 spiro atoms. The van der Waals surface area contributed by atoms with Gasteiger partial charge in [-0.2, -0.15) is 0 Å². The van der Waals surface area contributed by atoms with Gasteiger partial charge in [0.05, 0.1) is 27.6 Å². The van der Waals surface area contributed by atoms with Crippen molar-refractivity contribution in [3.63, 3.8) is 0 Å². The highest BCUT2D eigenvalue weighted by atomic mass is 35.5. The second-order valence-corrected chi connectivity index (χ2v) is 7.64. The van der Waals surface area contributed by atoms with E-state index in [1.54, 1.807) is 0 Å². The summed E-state index contributed by atoms with van der Waals surface area (Å²) in [5, 5.41) is 11.2. The zero-order valence-electron chi connectivity index (χ0n) is 13.3. The van der Waals surface area contributed by atoms with Gasteiger partial charge in [-0.3, -0.25) is 19.2 Å². The van der Waals surface area contributed by atoms with E-state index in [4.69, 9.17) is 23.2 Å². The first-order valence-electron chi connectivity index (χ1n) is 6.96. The summed E-state index contributed by atoms with van der Waals surface area (Å²) < 4.78 is 31.1. The molecule has 11 heteroatoms. The van der Waals surface area contributed by atoms with Gasteiger partial charge >= 0.3 is 5.97 Å². The van der Waals surface area contributed by atoms with E-state index in [9.17, 15) is 23.3 Å². The highest BCUT2D eigenvalue weighted by Crippen LogP contribution is 2.34. The fraction of sp³-hybridized carbons (Fsp3) is 0.133. The maximum absolute atomic E-state index is 13.0. The first-order valence-corrected chi connectivity index (χ1v) is 9.15. The molecule has 0 amide bonds. The summed E-state index contributed by atoms with van der Waals surface area (Å²) in [5.74, 6) is -0.870. The van der Waals surface area contributed by atoms with Gasteiger partial charge in [-0.1, -0.05) is 23.2 Å². The lowest BCUT2D eigenvalue weighted by Crippen LogP contribution is -2.36. The van der Waals surface area contributed by atoms with Gasteiger partial charge in [0, 0.05) is 17.2 Å². The number of anilines is 1. The number of methoxy groups -OCH3 is 1. The number of hydrogen-bond donors (Lipinski definition) is 0. The molecule has 2 rings (SSSR count). The monoisotopic (exact) mass is 418 g/mol. The summed E-state index contributed by atoms with van der Waals surface area (Å²) in [5.41, 5.74) is -0.605.